The summed E-state index contributed by atoms with van der Waals surface area (Å²) < 4.78 is 10.6. The Morgan fingerprint density at radius 2 is 1.33 bits per heavy atom. The van der Waals surface area contributed by atoms with E-state index in [-0.39, 0.29) is 24.0 Å². The maximum Gasteiger partial charge on any atom is 0.242 e. The highest BCUT2D eigenvalue weighted by molar-refractivity contribution is 6.64. The largest absolute Gasteiger partial charge is 0.490 e. The summed E-state index contributed by atoms with van der Waals surface area (Å²) in [5, 5.41) is -1.18. The van der Waals surface area contributed by atoms with Crippen molar-refractivity contribution in [1.29, 1.82) is 0 Å². The molecule has 7 heteroatoms. The number of rotatable bonds is 5. The minimum atomic E-state index is -0.734. The fraction of sp³-hybridized carbons (Fsp3) is 0.143. The van der Waals surface area contributed by atoms with E-state index in [4.69, 9.17) is 44.3 Å². The molecule has 0 heterocycles. The molecule has 0 aliphatic heterocycles. The number of halogens is 3. The molecule has 1 aliphatic rings. The molecule has 0 atom stereocenters. The van der Waals surface area contributed by atoms with E-state index < -0.39 is 21.6 Å². The molecule has 0 saturated carbocycles. The van der Waals surface area contributed by atoms with Gasteiger partial charge in [0.05, 0.1) is 0 Å². The molecule has 2 rings (SSSR count). The zero-order valence-electron chi connectivity index (χ0n) is 10.6. The van der Waals surface area contributed by atoms with Crippen LogP contribution in [0.4, 0.5) is 0 Å². The lowest BCUT2D eigenvalue weighted by Gasteiger charge is -2.15. The van der Waals surface area contributed by atoms with E-state index in [0.29, 0.717) is 5.75 Å². The topological polar surface area (TPSA) is 52.6 Å². The van der Waals surface area contributed by atoms with Crippen molar-refractivity contribution in [1.82, 2.24) is 0 Å². The first kappa shape index (κ1) is 15.9. The zero-order chi connectivity index (χ0) is 15.4. The first-order valence-electron chi connectivity index (χ1n) is 5.87. The molecule has 0 spiro atoms. The van der Waals surface area contributed by atoms with E-state index in [0.717, 1.165) is 0 Å². The Morgan fingerprint density at radius 3 is 2.00 bits per heavy atom. The summed E-state index contributed by atoms with van der Waals surface area (Å²) in [6, 6.07) is 9.07. The van der Waals surface area contributed by atoms with Crippen LogP contribution < -0.4 is 4.74 Å². The Bertz CT molecular complexity index is 635. The van der Waals surface area contributed by atoms with Crippen LogP contribution in [-0.2, 0) is 14.3 Å². The van der Waals surface area contributed by atoms with Gasteiger partial charge in [-0.05, 0) is 12.1 Å². The Balaban J connectivity index is 1.94. The summed E-state index contributed by atoms with van der Waals surface area (Å²) in [5.74, 6) is -1.10. The van der Waals surface area contributed by atoms with Gasteiger partial charge < -0.3 is 9.47 Å². The second kappa shape index (κ2) is 6.98. The number of ether oxygens (including phenoxy) is 2. The highest BCUT2D eigenvalue weighted by Gasteiger charge is 2.33. The maximum absolute atomic E-state index is 11.8. The second-order valence-electron chi connectivity index (χ2n) is 3.94. The van der Waals surface area contributed by atoms with Gasteiger partial charge in [-0.3, -0.25) is 9.59 Å². The standard InChI is InChI=1S/C14H9Cl3O4/c15-9-10(16)13(19)14(11(17)12(9)18)21-7-6-20-8-4-2-1-3-5-8/h1-5H,6-7H2. The van der Waals surface area contributed by atoms with Crippen LogP contribution in [0.1, 0.15) is 0 Å². The van der Waals surface area contributed by atoms with E-state index >= 15 is 0 Å². The predicted octanol–water partition coefficient (Wildman–Crippen LogP) is 3.37. The lowest BCUT2D eigenvalue weighted by atomic mass is 10.1. The van der Waals surface area contributed by atoms with Gasteiger partial charge in [-0.1, -0.05) is 53.0 Å². The van der Waals surface area contributed by atoms with Crippen molar-refractivity contribution in [3.05, 3.63) is 51.2 Å². The van der Waals surface area contributed by atoms with Crippen LogP contribution >= 0.6 is 34.8 Å². The fourth-order valence-electron chi connectivity index (χ4n) is 1.55. The minimum Gasteiger partial charge on any atom is -0.490 e. The molecule has 0 N–H and O–H groups in total. The molecular formula is C14H9Cl3O4. The lowest BCUT2D eigenvalue weighted by Crippen LogP contribution is -2.21. The summed E-state index contributed by atoms with van der Waals surface area (Å²) in [5.41, 5.74) is 0. The van der Waals surface area contributed by atoms with Crippen molar-refractivity contribution in [3.63, 3.8) is 0 Å². The average Bonchev–Trinajstić information content (AvgIpc) is 2.51. The van der Waals surface area contributed by atoms with Crippen LogP contribution in [0.15, 0.2) is 51.2 Å². The van der Waals surface area contributed by atoms with Crippen molar-refractivity contribution in [2.24, 2.45) is 0 Å². The molecule has 0 saturated heterocycles. The third-order valence-electron chi connectivity index (χ3n) is 2.54. The van der Waals surface area contributed by atoms with Crippen molar-refractivity contribution >= 4 is 46.4 Å². The summed E-state index contributed by atoms with van der Waals surface area (Å²) in [4.78, 5) is 23.4. The minimum absolute atomic E-state index is 0.0290. The quantitative estimate of drug-likeness (QED) is 0.605. The molecule has 1 aromatic rings. The van der Waals surface area contributed by atoms with E-state index in [1.165, 1.54) is 0 Å². The number of hydrogen-bond donors (Lipinski definition) is 0. The highest BCUT2D eigenvalue weighted by Crippen LogP contribution is 2.31. The van der Waals surface area contributed by atoms with Crippen LogP contribution in [0.2, 0.25) is 0 Å². The normalized spacial score (nSPS) is 15.6. The molecule has 0 radical (unpaired) electrons. The molecule has 0 unspecified atom stereocenters. The molecular weight excluding hydrogens is 339 g/mol. The van der Waals surface area contributed by atoms with Crippen molar-refractivity contribution in [2.75, 3.05) is 13.2 Å². The number of benzene rings is 1. The van der Waals surface area contributed by atoms with Gasteiger partial charge in [0, 0.05) is 0 Å². The lowest BCUT2D eigenvalue weighted by molar-refractivity contribution is -0.118. The first-order valence-corrected chi connectivity index (χ1v) is 7.01. The predicted molar refractivity (Wildman–Crippen MR) is 79.5 cm³/mol. The molecule has 21 heavy (non-hydrogen) atoms. The van der Waals surface area contributed by atoms with Crippen LogP contribution in [-0.4, -0.2) is 24.8 Å². The number of hydrogen-bond acceptors (Lipinski definition) is 4. The van der Waals surface area contributed by atoms with Crippen LogP contribution in [0, 0.1) is 0 Å². The molecule has 4 nitrogen and oxygen atoms in total. The average molecular weight is 348 g/mol. The number of para-hydroxylation sites is 1. The number of Topliss-reactive ketones (excluding diaryl/α,β-unsaturated/α-hetero) is 2. The number of allylic oxidation sites excluding steroid dienone is 3. The summed E-state index contributed by atoms with van der Waals surface area (Å²) in [6.45, 7) is 0.204. The zero-order valence-corrected chi connectivity index (χ0v) is 12.8. The van der Waals surface area contributed by atoms with E-state index in [2.05, 4.69) is 0 Å². The van der Waals surface area contributed by atoms with Gasteiger partial charge in [0.25, 0.3) is 0 Å². The van der Waals surface area contributed by atoms with Gasteiger partial charge >= 0.3 is 0 Å². The van der Waals surface area contributed by atoms with Crippen molar-refractivity contribution in [3.8, 4) is 5.75 Å². The Labute approximate surface area is 135 Å². The highest BCUT2D eigenvalue weighted by atomic mass is 35.5. The van der Waals surface area contributed by atoms with Gasteiger partial charge in [0.1, 0.15) is 34.1 Å². The molecule has 0 bridgehead atoms. The van der Waals surface area contributed by atoms with Crippen molar-refractivity contribution in [2.45, 2.75) is 0 Å². The molecule has 0 aromatic heterocycles. The van der Waals surface area contributed by atoms with Gasteiger partial charge in [0.2, 0.25) is 11.6 Å². The van der Waals surface area contributed by atoms with E-state index in [1.807, 2.05) is 18.2 Å². The Kier molecular flexibility index (Phi) is 5.28. The summed E-state index contributed by atoms with van der Waals surface area (Å²) in [6.07, 6.45) is 0. The Hall–Kier alpha value is -1.49. The fourth-order valence-corrected chi connectivity index (χ4v) is 2.18. The third-order valence-corrected chi connectivity index (χ3v) is 3.70. The van der Waals surface area contributed by atoms with Crippen LogP contribution in [0.5, 0.6) is 5.75 Å². The first-order chi connectivity index (χ1) is 10.0. The molecule has 0 fully saturated rings. The van der Waals surface area contributed by atoms with Gasteiger partial charge in [-0.2, -0.15) is 0 Å². The molecule has 1 aromatic carbocycles. The Morgan fingerprint density at radius 1 is 0.762 bits per heavy atom. The molecule has 0 amide bonds. The third kappa shape index (κ3) is 3.59. The molecule has 110 valence electrons. The number of ketones is 2. The second-order valence-corrected chi connectivity index (χ2v) is 5.07. The summed E-state index contributed by atoms with van der Waals surface area (Å²) >= 11 is 17.0. The molecule has 1 aliphatic carbocycles. The monoisotopic (exact) mass is 346 g/mol. The maximum atomic E-state index is 11.8. The van der Waals surface area contributed by atoms with Gasteiger partial charge in [-0.15, -0.1) is 0 Å². The van der Waals surface area contributed by atoms with Gasteiger partial charge in [-0.25, -0.2) is 0 Å². The van der Waals surface area contributed by atoms with Crippen LogP contribution in [0.25, 0.3) is 0 Å². The smallest absolute Gasteiger partial charge is 0.242 e. The van der Waals surface area contributed by atoms with E-state index in [1.54, 1.807) is 12.1 Å². The van der Waals surface area contributed by atoms with Gasteiger partial charge in [0.15, 0.2) is 5.76 Å². The number of carbonyl (C=O) groups is 2. The SMILES string of the molecule is O=C1C(Cl)=C(Cl)C(=O)C(OCCOc2ccccc2)=C1Cl. The van der Waals surface area contributed by atoms with E-state index in [9.17, 15) is 9.59 Å². The summed E-state index contributed by atoms with van der Waals surface area (Å²) in [7, 11) is 0. The van der Waals surface area contributed by atoms with Crippen molar-refractivity contribution < 1.29 is 19.1 Å². The van der Waals surface area contributed by atoms with Crippen LogP contribution in [0.3, 0.4) is 0 Å². The number of carbonyl (C=O) groups excluding carboxylic acids is 2.